The van der Waals surface area contributed by atoms with Crippen LogP contribution in [0.5, 0.6) is 0 Å². The molecule has 0 saturated carbocycles. The number of aromatic nitrogens is 2. The fourth-order valence-electron chi connectivity index (χ4n) is 2.29. The van der Waals surface area contributed by atoms with E-state index in [0.29, 0.717) is 5.56 Å². The van der Waals surface area contributed by atoms with Gasteiger partial charge in [-0.1, -0.05) is 0 Å². The third-order valence-corrected chi connectivity index (χ3v) is 3.18. The molecule has 84 valence electrons. The molecule has 4 heteroatoms. The largest absolute Gasteiger partial charge is 0.295 e. The maximum absolute atomic E-state index is 12.1. The summed E-state index contributed by atoms with van der Waals surface area (Å²) in [5, 5.41) is 11.9. The number of fused-ring (bicyclic) bond motifs is 1. The van der Waals surface area contributed by atoms with Crippen LogP contribution in [0.25, 0.3) is 5.69 Å². The van der Waals surface area contributed by atoms with Gasteiger partial charge in [0.25, 0.3) is 5.56 Å². The summed E-state index contributed by atoms with van der Waals surface area (Å²) in [6.45, 7) is 0. The van der Waals surface area contributed by atoms with Gasteiger partial charge >= 0.3 is 0 Å². The normalized spacial score (nSPS) is 13.4. The zero-order valence-corrected chi connectivity index (χ0v) is 9.23. The van der Waals surface area contributed by atoms with Crippen molar-refractivity contribution in [3.8, 4) is 11.8 Å². The molecule has 0 atom stereocenters. The molecule has 1 aromatic heterocycles. The van der Waals surface area contributed by atoms with Crippen LogP contribution >= 0.6 is 0 Å². The van der Waals surface area contributed by atoms with Crippen LogP contribution in [-0.2, 0) is 12.8 Å². The van der Waals surface area contributed by atoms with E-state index in [1.807, 2.05) is 0 Å². The van der Waals surface area contributed by atoms with Crippen molar-refractivity contribution in [2.75, 3.05) is 0 Å². The van der Waals surface area contributed by atoms with Gasteiger partial charge in [0.05, 0.1) is 17.3 Å². The van der Waals surface area contributed by atoms with Crippen molar-refractivity contribution in [3.05, 3.63) is 51.4 Å². The van der Waals surface area contributed by atoms with Crippen molar-refractivity contribution < 1.29 is 0 Å². The predicted octanol–water partition coefficient (Wildman–Crippen LogP) is 1.53. The van der Waals surface area contributed by atoms with Gasteiger partial charge < -0.3 is 0 Å². The number of benzene rings is 1. The average molecular weight is 225 g/mol. The van der Waals surface area contributed by atoms with E-state index in [0.717, 1.165) is 36.2 Å². The molecular formula is C13H11N3O. The molecule has 0 fully saturated rings. The number of aryl methyl sites for hydroxylation is 1. The highest BCUT2D eigenvalue weighted by molar-refractivity contribution is 5.40. The topological polar surface area (TPSA) is 61.6 Å². The third-order valence-electron chi connectivity index (χ3n) is 3.18. The Morgan fingerprint density at radius 1 is 1.24 bits per heavy atom. The van der Waals surface area contributed by atoms with E-state index in [1.165, 1.54) is 0 Å². The molecule has 0 bridgehead atoms. The maximum atomic E-state index is 12.1. The Bertz CT molecular complexity index is 655. The quantitative estimate of drug-likeness (QED) is 0.799. The van der Waals surface area contributed by atoms with Crippen LogP contribution < -0.4 is 5.56 Å². The highest BCUT2D eigenvalue weighted by atomic mass is 16.1. The van der Waals surface area contributed by atoms with Crippen molar-refractivity contribution in [2.45, 2.75) is 19.3 Å². The lowest BCUT2D eigenvalue weighted by atomic mass is 10.2. The SMILES string of the molecule is N#Cc1ccc(-n2[nH]c3c(c2=O)CCC3)cc1. The molecular weight excluding hydrogens is 214 g/mol. The maximum Gasteiger partial charge on any atom is 0.274 e. The lowest BCUT2D eigenvalue weighted by molar-refractivity contribution is 0.779. The minimum absolute atomic E-state index is 0.0437. The second kappa shape index (κ2) is 3.63. The number of aromatic amines is 1. The third kappa shape index (κ3) is 1.48. The smallest absolute Gasteiger partial charge is 0.274 e. The van der Waals surface area contributed by atoms with Gasteiger partial charge in [-0.25, -0.2) is 4.68 Å². The van der Waals surface area contributed by atoms with Crippen LogP contribution in [0.2, 0.25) is 0 Å². The standard InChI is InChI=1S/C13H11N3O/c14-8-9-4-6-10(7-5-9)16-13(17)11-2-1-3-12(11)15-16/h4-7,15H,1-3H2. The van der Waals surface area contributed by atoms with E-state index >= 15 is 0 Å². The molecule has 1 aromatic carbocycles. The Hall–Kier alpha value is -2.28. The molecule has 0 radical (unpaired) electrons. The second-order valence-corrected chi connectivity index (χ2v) is 4.22. The van der Waals surface area contributed by atoms with Crippen LogP contribution in [0.3, 0.4) is 0 Å². The van der Waals surface area contributed by atoms with Gasteiger partial charge in [0.15, 0.2) is 0 Å². The van der Waals surface area contributed by atoms with E-state index in [9.17, 15) is 4.79 Å². The van der Waals surface area contributed by atoms with Crippen LogP contribution in [0.4, 0.5) is 0 Å². The molecule has 1 N–H and O–H groups in total. The summed E-state index contributed by atoms with van der Waals surface area (Å²) in [7, 11) is 0. The first-order valence-corrected chi connectivity index (χ1v) is 5.63. The van der Waals surface area contributed by atoms with Gasteiger partial charge in [0.2, 0.25) is 0 Å². The fourth-order valence-corrected chi connectivity index (χ4v) is 2.29. The number of hydrogen-bond donors (Lipinski definition) is 1. The fraction of sp³-hybridized carbons (Fsp3) is 0.231. The van der Waals surface area contributed by atoms with Crippen LogP contribution in [0, 0.1) is 11.3 Å². The lowest BCUT2D eigenvalue weighted by Crippen LogP contribution is -2.17. The van der Waals surface area contributed by atoms with Crippen LogP contribution in [0.1, 0.15) is 23.2 Å². The Balaban J connectivity index is 2.10. The summed E-state index contributed by atoms with van der Waals surface area (Å²) in [6, 6.07) is 9.06. The Morgan fingerprint density at radius 3 is 2.65 bits per heavy atom. The van der Waals surface area contributed by atoms with E-state index in [2.05, 4.69) is 11.2 Å². The van der Waals surface area contributed by atoms with Gasteiger partial charge in [0.1, 0.15) is 0 Å². The summed E-state index contributed by atoms with van der Waals surface area (Å²) in [6.07, 6.45) is 2.88. The molecule has 0 aliphatic heterocycles. The number of nitrogens with zero attached hydrogens (tertiary/aromatic N) is 2. The highest BCUT2D eigenvalue weighted by Crippen LogP contribution is 2.17. The van der Waals surface area contributed by atoms with Gasteiger partial charge in [-0.05, 0) is 43.5 Å². The number of hydrogen-bond acceptors (Lipinski definition) is 2. The van der Waals surface area contributed by atoms with Crippen molar-refractivity contribution >= 4 is 0 Å². The monoisotopic (exact) mass is 225 g/mol. The Kier molecular flexibility index (Phi) is 2.12. The zero-order valence-electron chi connectivity index (χ0n) is 9.23. The molecule has 17 heavy (non-hydrogen) atoms. The molecule has 0 spiro atoms. The predicted molar refractivity (Wildman–Crippen MR) is 63.1 cm³/mol. The van der Waals surface area contributed by atoms with Crippen molar-refractivity contribution in [2.24, 2.45) is 0 Å². The molecule has 1 aliphatic rings. The minimum atomic E-state index is 0.0437. The first kappa shape index (κ1) is 9.91. The van der Waals surface area contributed by atoms with Crippen molar-refractivity contribution in [1.82, 2.24) is 9.78 Å². The van der Waals surface area contributed by atoms with Gasteiger partial charge in [-0.15, -0.1) is 0 Å². The summed E-state index contributed by atoms with van der Waals surface area (Å²) >= 11 is 0. The van der Waals surface area contributed by atoms with Crippen LogP contribution in [0.15, 0.2) is 29.1 Å². The molecule has 2 aromatic rings. The Labute approximate surface area is 98.1 Å². The van der Waals surface area contributed by atoms with Crippen LogP contribution in [-0.4, -0.2) is 9.78 Å². The first-order valence-electron chi connectivity index (χ1n) is 5.63. The summed E-state index contributed by atoms with van der Waals surface area (Å²) in [4.78, 5) is 12.1. The van der Waals surface area contributed by atoms with Gasteiger partial charge in [0, 0.05) is 11.3 Å². The lowest BCUT2D eigenvalue weighted by Gasteiger charge is -2.01. The molecule has 1 aliphatic carbocycles. The second-order valence-electron chi connectivity index (χ2n) is 4.22. The average Bonchev–Trinajstić information content (AvgIpc) is 2.93. The first-order chi connectivity index (χ1) is 8.29. The van der Waals surface area contributed by atoms with E-state index < -0.39 is 0 Å². The number of H-pyrrole nitrogens is 1. The molecule has 0 unspecified atom stereocenters. The van der Waals surface area contributed by atoms with E-state index in [-0.39, 0.29) is 5.56 Å². The number of rotatable bonds is 1. The molecule has 0 amide bonds. The van der Waals surface area contributed by atoms with E-state index in [4.69, 9.17) is 5.26 Å². The number of nitrogens with one attached hydrogen (secondary N) is 1. The van der Waals surface area contributed by atoms with Gasteiger partial charge in [-0.3, -0.25) is 9.89 Å². The van der Waals surface area contributed by atoms with Crippen molar-refractivity contribution in [3.63, 3.8) is 0 Å². The summed E-state index contributed by atoms with van der Waals surface area (Å²) in [5.74, 6) is 0. The number of nitriles is 1. The zero-order chi connectivity index (χ0) is 11.8. The molecule has 4 nitrogen and oxygen atoms in total. The minimum Gasteiger partial charge on any atom is -0.295 e. The molecule has 1 heterocycles. The van der Waals surface area contributed by atoms with Gasteiger partial charge in [-0.2, -0.15) is 5.26 Å². The highest BCUT2D eigenvalue weighted by Gasteiger charge is 2.19. The molecule has 0 saturated heterocycles. The Morgan fingerprint density at radius 2 is 2.00 bits per heavy atom. The summed E-state index contributed by atoms with van der Waals surface area (Å²) < 4.78 is 1.56. The van der Waals surface area contributed by atoms with E-state index in [1.54, 1.807) is 28.9 Å². The van der Waals surface area contributed by atoms with Crippen molar-refractivity contribution in [1.29, 1.82) is 5.26 Å². The summed E-state index contributed by atoms with van der Waals surface area (Å²) in [5.41, 5.74) is 3.39. The molecule has 3 rings (SSSR count).